The molecule has 0 heterocycles. The van der Waals surface area contributed by atoms with Gasteiger partial charge in [0.1, 0.15) is 11.4 Å². The Morgan fingerprint density at radius 1 is 0.643 bits per heavy atom. The van der Waals surface area contributed by atoms with Gasteiger partial charge in [0.2, 0.25) is 5.82 Å². The highest BCUT2D eigenvalue weighted by atomic mass is 19.2. The van der Waals surface area contributed by atoms with Gasteiger partial charge in [0.25, 0.3) is 0 Å². The lowest BCUT2D eigenvalue weighted by atomic mass is 10.0. The monoisotopic (exact) mass is 390 g/mol. The number of carbonyl (C=O) groups is 1. The molecule has 0 aliphatic carbocycles. The molecule has 0 aromatic heterocycles. The van der Waals surface area contributed by atoms with Gasteiger partial charge in [-0.05, 0) is 36.4 Å². The summed E-state index contributed by atoms with van der Waals surface area (Å²) in [6.07, 6.45) is 0. The van der Waals surface area contributed by atoms with Crippen molar-refractivity contribution in [2.45, 2.75) is 0 Å². The summed E-state index contributed by atoms with van der Waals surface area (Å²) in [4.78, 5) is 12.4. The van der Waals surface area contributed by atoms with E-state index < -0.39 is 46.3 Å². The summed E-state index contributed by atoms with van der Waals surface area (Å²) in [5.74, 6) is -7.32. The third kappa shape index (κ3) is 3.62. The van der Waals surface area contributed by atoms with Crippen LogP contribution in [0.1, 0.15) is 27.0 Å². The van der Waals surface area contributed by atoms with Gasteiger partial charge in [-0.3, -0.25) is 4.79 Å². The van der Waals surface area contributed by atoms with Gasteiger partial charge >= 0.3 is 0 Å². The van der Waals surface area contributed by atoms with E-state index in [1.807, 2.05) is 5.92 Å². The van der Waals surface area contributed by atoms with E-state index in [0.29, 0.717) is 0 Å². The topological polar surface area (TPSA) is 17.1 Å². The van der Waals surface area contributed by atoms with Crippen LogP contribution in [0.3, 0.4) is 0 Å². The maximum absolute atomic E-state index is 13.7. The third-order valence-corrected chi connectivity index (χ3v) is 3.77. The first-order valence-electron chi connectivity index (χ1n) is 7.73. The number of benzene rings is 3. The van der Waals surface area contributed by atoms with Crippen molar-refractivity contribution in [3.8, 4) is 11.8 Å². The second kappa shape index (κ2) is 7.61. The Hall–Kier alpha value is -3.53. The van der Waals surface area contributed by atoms with Crippen molar-refractivity contribution < 1.29 is 31.1 Å². The largest absolute Gasteiger partial charge is 0.289 e. The summed E-state index contributed by atoms with van der Waals surface area (Å²) in [7, 11) is 0. The fourth-order valence-electron chi connectivity index (χ4n) is 2.36. The number of halogens is 6. The highest BCUT2D eigenvalue weighted by Gasteiger charge is 2.24. The highest BCUT2D eigenvalue weighted by molar-refractivity contribution is 6.09. The van der Waals surface area contributed by atoms with E-state index >= 15 is 0 Å². The van der Waals surface area contributed by atoms with Gasteiger partial charge in [-0.15, -0.1) is 0 Å². The summed E-state index contributed by atoms with van der Waals surface area (Å²) in [5.41, 5.74) is -0.814. The lowest BCUT2D eigenvalue weighted by Crippen LogP contribution is -2.04. The molecule has 3 aromatic carbocycles. The number of hydrogen-bond acceptors (Lipinski definition) is 1. The van der Waals surface area contributed by atoms with Gasteiger partial charge in [0, 0.05) is 16.7 Å². The van der Waals surface area contributed by atoms with Crippen LogP contribution in [0.25, 0.3) is 0 Å². The average molecular weight is 390 g/mol. The van der Waals surface area contributed by atoms with Crippen LogP contribution < -0.4 is 0 Å². The first-order chi connectivity index (χ1) is 13.3. The molecule has 0 N–H and O–H groups in total. The molecule has 7 heteroatoms. The molecule has 28 heavy (non-hydrogen) atoms. The predicted molar refractivity (Wildman–Crippen MR) is 88.5 cm³/mol. The van der Waals surface area contributed by atoms with Crippen molar-refractivity contribution in [2.24, 2.45) is 0 Å². The lowest BCUT2D eigenvalue weighted by molar-refractivity contribution is 0.103. The minimum absolute atomic E-state index is 0.108. The Balaban J connectivity index is 1.98. The molecule has 0 fully saturated rings. The second-order valence-corrected chi connectivity index (χ2v) is 5.61. The predicted octanol–water partition coefficient (Wildman–Crippen LogP) is 5.15. The van der Waals surface area contributed by atoms with E-state index in [1.54, 1.807) is 0 Å². The second-order valence-electron chi connectivity index (χ2n) is 5.61. The van der Waals surface area contributed by atoms with E-state index in [9.17, 15) is 31.1 Å². The molecule has 0 bridgehead atoms. The van der Waals surface area contributed by atoms with Crippen molar-refractivity contribution in [1.29, 1.82) is 0 Å². The summed E-state index contributed by atoms with van der Waals surface area (Å²) < 4.78 is 79.8. The Kier molecular flexibility index (Phi) is 5.23. The molecule has 0 amide bonds. The van der Waals surface area contributed by atoms with Crippen molar-refractivity contribution in [1.82, 2.24) is 0 Å². The smallest absolute Gasteiger partial charge is 0.200 e. The molecule has 3 aromatic rings. The van der Waals surface area contributed by atoms with E-state index in [2.05, 4.69) is 5.92 Å². The molecule has 0 aliphatic heterocycles. The molecule has 0 spiro atoms. The average Bonchev–Trinajstić information content (AvgIpc) is 2.71. The van der Waals surface area contributed by atoms with Crippen molar-refractivity contribution >= 4 is 5.78 Å². The van der Waals surface area contributed by atoms with Crippen LogP contribution in [-0.2, 0) is 0 Å². The Morgan fingerprint density at radius 3 is 1.82 bits per heavy atom. The van der Waals surface area contributed by atoms with Gasteiger partial charge in [0.05, 0.1) is 0 Å². The quantitative estimate of drug-likeness (QED) is 0.194. The molecule has 0 atom stereocenters. The number of ketones is 1. The first-order valence-corrected chi connectivity index (χ1v) is 7.73. The maximum atomic E-state index is 13.7. The Bertz CT molecular complexity index is 1110. The molecule has 1 nitrogen and oxygen atoms in total. The van der Waals surface area contributed by atoms with E-state index in [4.69, 9.17) is 0 Å². The SMILES string of the molecule is O=C(c1ccc(F)cc1)c1cccc(C#Cc2c(F)c(F)c(F)c(F)c2F)c1. The number of rotatable bonds is 2. The van der Waals surface area contributed by atoms with Crippen LogP contribution >= 0.6 is 0 Å². The van der Waals surface area contributed by atoms with Crippen molar-refractivity contribution in [2.75, 3.05) is 0 Å². The normalized spacial score (nSPS) is 10.4. The van der Waals surface area contributed by atoms with Crippen molar-refractivity contribution in [3.63, 3.8) is 0 Å². The van der Waals surface area contributed by atoms with E-state index in [-0.39, 0.29) is 16.7 Å². The van der Waals surface area contributed by atoms with Crippen LogP contribution in [0, 0.1) is 46.7 Å². The van der Waals surface area contributed by atoms with Gasteiger partial charge in [0.15, 0.2) is 29.1 Å². The molecule has 0 saturated carbocycles. The zero-order valence-electron chi connectivity index (χ0n) is 13.8. The lowest BCUT2D eigenvalue weighted by Gasteiger charge is -2.03. The number of carbonyl (C=O) groups excluding carboxylic acids is 1. The zero-order valence-corrected chi connectivity index (χ0v) is 13.8. The van der Waals surface area contributed by atoms with Gasteiger partial charge in [-0.1, -0.05) is 24.0 Å². The molecule has 0 unspecified atom stereocenters. The summed E-state index contributed by atoms with van der Waals surface area (Å²) in [6, 6.07) is 10.3. The summed E-state index contributed by atoms with van der Waals surface area (Å²) in [5, 5.41) is 0. The van der Waals surface area contributed by atoms with Crippen LogP contribution in [0.15, 0.2) is 48.5 Å². The Labute approximate surface area is 155 Å². The number of hydrogen-bond donors (Lipinski definition) is 0. The van der Waals surface area contributed by atoms with Crippen molar-refractivity contribution in [3.05, 3.63) is 106 Å². The standard InChI is InChI=1S/C21H8F6O/c22-14-7-5-12(6-8-14)21(28)13-3-1-2-11(10-13)4-9-15-16(23)18(25)20(27)19(26)17(15)24/h1-3,5-8,10H. The molecule has 0 radical (unpaired) electrons. The molecule has 0 saturated heterocycles. The Morgan fingerprint density at radius 2 is 1.21 bits per heavy atom. The molecule has 3 rings (SSSR count). The minimum Gasteiger partial charge on any atom is -0.289 e. The van der Waals surface area contributed by atoms with Gasteiger partial charge < -0.3 is 0 Å². The summed E-state index contributed by atoms with van der Waals surface area (Å²) >= 11 is 0. The van der Waals surface area contributed by atoms with Crippen LogP contribution in [0.5, 0.6) is 0 Å². The molecule has 0 aliphatic rings. The molecular formula is C21H8F6O. The third-order valence-electron chi connectivity index (χ3n) is 3.77. The molecule has 140 valence electrons. The molecular weight excluding hydrogens is 382 g/mol. The fourth-order valence-corrected chi connectivity index (χ4v) is 2.36. The fraction of sp³-hybridized carbons (Fsp3) is 0. The van der Waals surface area contributed by atoms with E-state index in [1.165, 1.54) is 36.4 Å². The van der Waals surface area contributed by atoms with Crippen LogP contribution in [0.4, 0.5) is 26.3 Å². The minimum atomic E-state index is -2.27. The zero-order chi connectivity index (χ0) is 20.4. The van der Waals surface area contributed by atoms with Crippen LogP contribution in [-0.4, -0.2) is 5.78 Å². The first kappa shape index (κ1) is 19.2. The maximum Gasteiger partial charge on any atom is 0.200 e. The van der Waals surface area contributed by atoms with Crippen LogP contribution in [0.2, 0.25) is 0 Å². The van der Waals surface area contributed by atoms with Gasteiger partial charge in [-0.25, -0.2) is 26.3 Å². The van der Waals surface area contributed by atoms with E-state index in [0.717, 1.165) is 12.1 Å². The highest BCUT2D eigenvalue weighted by Crippen LogP contribution is 2.22. The summed E-state index contributed by atoms with van der Waals surface area (Å²) in [6.45, 7) is 0. The van der Waals surface area contributed by atoms with Gasteiger partial charge in [-0.2, -0.15) is 0 Å².